The Bertz CT molecular complexity index is 1250. The second-order valence-corrected chi connectivity index (χ2v) is 8.14. The molecule has 0 unspecified atom stereocenters. The number of anilines is 1. The maximum atomic E-state index is 14.4. The van der Waals surface area contributed by atoms with Crippen molar-refractivity contribution in [3.8, 4) is 17.2 Å². The molecule has 1 N–H and O–H groups in total. The molecule has 3 aromatic carbocycles. The fraction of sp³-hybridized carbons (Fsp3) is 0.259. The summed E-state index contributed by atoms with van der Waals surface area (Å²) in [6.07, 6.45) is 0.0499. The number of amides is 2. The van der Waals surface area contributed by atoms with Gasteiger partial charge in [0.05, 0.1) is 45.8 Å². The molecule has 3 aromatic rings. The molecule has 36 heavy (non-hydrogen) atoms. The second kappa shape index (κ2) is 11.4. The van der Waals surface area contributed by atoms with Crippen molar-refractivity contribution >= 4 is 17.4 Å². The molecule has 1 heterocycles. The molecule has 8 nitrogen and oxygen atoms in total. The molecule has 1 aliphatic heterocycles. The molecule has 4 rings (SSSR count). The van der Waals surface area contributed by atoms with E-state index in [1.54, 1.807) is 56.7 Å². The van der Waals surface area contributed by atoms with E-state index in [4.69, 9.17) is 19.0 Å². The van der Waals surface area contributed by atoms with Crippen LogP contribution in [0.25, 0.3) is 0 Å². The van der Waals surface area contributed by atoms with E-state index < -0.39 is 12.1 Å². The first-order chi connectivity index (χ1) is 17.5. The third-order valence-electron chi connectivity index (χ3n) is 5.83. The van der Waals surface area contributed by atoms with Crippen molar-refractivity contribution in [1.29, 1.82) is 0 Å². The molecular formula is C27H28FN3O5. The normalized spacial score (nSPS) is 14.4. The van der Waals surface area contributed by atoms with Crippen molar-refractivity contribution in [2.24, 2.45) is 5.16 Å². The van der Waals surface area contributed by atoms with E-state index in [1.165, 1.54) is 18.1 Å². The van der Waals surface area contributed by atoms with Gasteiger partial charge in [0.15, 0.2) is 17.6 Å². The zero-order valence-electron chi connectivity index (χ0n) is 20.4. The quantitative estimate of drug-likeness (QED) is 0.450. The van der Waals surface area contributed by atoms with Gasteiger partial charge in [0.1, 0.15) is 11.6 Å². The summed E-state index contributed by atoms with van der Waals surface area (Å²) in [5.74, 6) is 1.33. The van der Waals surface area contributed by atoms with E-state index in [1.807, 2.05) is 18.2 Å². The van der Waals surface area contributed by atoms with Crippen LogP contribution in [0.2, 0.25) is 0 Å². The molecule has 2 amide bonds. The van der Waals surface area contributed by atoms with Gasteiger partial charge in [-0.3, -0.25) is 0 Å². The highest BCUT2D eigenvalue weighted by molar-refractivity contribution is 6.01. The summed E-state index contributed by atoms with van der Waals surface area (Å²) in [7, 11) is 4.67. The second-order valence-electron chi connectivity index (χ2n) is 8.14. The van der Waals surface area contributed by atoms with Crippen LogP contribution in [0.5, 0.6) is 17.2 Å². The first-order valence-corrected chi connectivity index (χ1v) is 11.4. The number of methoxy groups -OCH3 is 3. The number of para-hydroxylation sites is 2. The first kappa shape index (κ1) is 24.8. The molecule has 9 heteroatoms. The molecule has 0 bridgehead atoms. The first-order valence-electron chi connectivity index (χ1n) is 11.4. The van der Waals surface area contributed by atoms with Gasteiger partial charge in [-0.2, -0.15) is 0 Å². The number of hydrogen-bond donors (Lipinski definition) is 1. The lowest BCUT2D eigenvalue weighted by molar-refractivity contribution is 0.0606. The van der Waals surface area contributed by atoms with Gasteiger partial charge in [0.25, 0.3) is 0 Å². The molecule has 0 saturated carbocycles. The number of ether oxygens (including phenoxy) is 3. The van der Waals surface area contributed by atoms with Gasteiger partial charge in [0, 0.05) is 17.5 Å². The van der Waals surface area contributed by atoms with Gasteiger partial charge < -0.3 is 29.3 Å². The van der Waals surface area contributed by atoms with E-state index in [9.17, 15) is 9.18 Å². The largest absolute Gasteiger partial charge is 0.495 e. The number of rotatable bonds is 9. The van der Waals surface area contributed by atoms with Crippen molar-refractivity contribution in [2.45, 2.75) is 19.1 Å². The number of oxime groups is 1. The number of carbonyl (C=O) groups excluding carboxylic acids is 1. The monoisotopic (exact) mass is 493 g/mol. The van der Waals surface area contributed by atoms with Crippen molar-refractivity contribution < 1.29 is 28.2 Å². The zero-order chi connectivity index (χ0) is 25.5. The summed E-state index contributed by atoms with van der Waals surface area (Å²) < 4.78 is 30.5. The van der Waals surface area contributed by atoms with Gasteiger partial charge in [-0.05, 0) is 36.4 Å². The smallest absolute Gasteiger partial charge is 0.322 e. The van der Waals surface area contributed by atoms with Gasteiger partial charge in [0.2, 0.25) is 0 Å². The average molecular weight is 494 g/mol. The van der Waals surface area contributed by atoms with Gasteiger partial charge >= 0.3 is 6.03 Å². The molecular weight excluding hydrogens is 465 g/mol. The lowest BCUT2D eigenvalue weighted by Gasteiger charge is -2.26. The third kappa shape index (κ3) is 5.68. The van der Waals surface area contributed by atoms with E-state index in [2.05, 4.69) is 10.5 Å². The Morgan fingerprint density at radius 2 is 1.72 bits per heavy atom. The average Bonchev–Trinajstić information content (AvgIpc) is 3.38. The Balaban J connectivity index is 1.50. The number of nitrogens with zero attached hydrogens (tertiary/aromatic N) is 2. The Hall–Kier alpha value is -4.27. The molecule has 1 atom stereocenters. The van der Waals surface area contributed by atoms with Crippen LogP contribution in [0.3, 0.4) is 0 Å². The molecule has 1 aliphatic rings. The lowest BCUT2D eigenvalue weighted by atomic mass is 10.0. The SMILES string of the molecule is COc1ccccc1NC(=O)N(Cc1ccccc1F)C[C@@H]1CC(c2ccc(OC)c(OC)c2)=NO1. The summed E-state index contributed by atoms with van der Waals surface area (Å²) >= 11 is 0. The highest BCUT2D eigenvalue weighted by Gasteiger charge is 2.28. The van der Waals surface area contributed by atoms with Crippen LogP contribution in [0.4, 0.5) is 14.9 Å². The number of halogens is 1. The number of urea groups is 1. The fourth-order valence-electron chi connectivity index (χ4n) is 3.95. The van der Waals surface area contributed by atoms with Gasteiger partial charge in [-0.25, -0.2) is 9.18 Å². The van der Waals surface area contributed by atoms with Crippen molar-refractivity contribution in [3.63, 3.8) is 0 Å². The Kier molecular flexibility index (Phi) is 7.89. The number of benzene rings is 3. The minimum Gasteiger partial charge on any atom is -0.495 e. The van der Waals surface area contributed by atoms with Crippen molar-refractivity contribution in [3.05, 3.63) is 83.7 Å². The summed E-state index contributed by atoms with van der Waals surface area (Å²) in [5.41, 5.74) is 2.45. The number of hydrogen-bond acceptors (Lipinski definition) is 6. The maximum Gasteiger partial charge on any atom is 0.322 e. The minimum absolute atomic E-state index is 0.0548. The topological polar surface area (TPSA) is 81.6 Å². The minimum atomic E-state index is -0.414. The van der Waals surface area contributed by atoms with E-state index >= 15 is 0 Å². The molecule has 0 fully saturated rings. The van der Waals surface area contributed by atoms with Gasteiger partial charge in [-0.1, -0.05) is 35.5 Å². The van der Waals surface area contributed by atoms with Crippen LogP contribution >= 0.6 is 0 Å². The summed E-state index contributed by atoms with van der Waals surface area (Å²) in [6, 6.07) is 18.6. The molecule has 0 aliphatic carbocycles. The van der Waals surface area contributed by atoms with Crippen molar-refractivity contribution in [1.82, 2.24) is 4.90 Å². The van der Waals surface area contributed by atoms with Crippen LogP contribution in [-0.4, -0.2) is 50.6 Å². The maximum absolute atomic E-state index is 14.4. The van der Waals surface area contributed by atoms with Crippen LogP contribution in [-0.2, 0) is 11.4 Å². The lowest BCUT2D eigenvalue weighted by Crippen LogP contribution is -2.40. The van der Waals surface area contributed by atoms with Crippen LogP contribution < -0.4 is 19.5 Å². The number of nitrogens with one attached hydrogen (secondary N) is 1. The predicted octanol–water partition coefficient (Wildman–Crippen LogP) is 5.08. The van der Waals surface area contributed by atoms with E-state index in [-0.39, 0.29) is 18.9 Å². The third-order valence-corrected chi connectivity index (χ3v) is 5.83. The summed E-state index contributed by atoms with van der Waals surface area (Å²) in [5, 5.41) is 7.10. The molecule has 188 valence electrons. The Labute approximate surface area is 209 Å². The van der Waals surface area contributed by atoms with E-state index in [0.717, 1.165) is 11.3 Å². The molecule has 0 spiro atoms. The molecule has 0 saturated heterocycles. The Morgan fingerprint density at radius 3 is 2.47 bits per heavy atom. The summed E-state index contributed by atoms with van der Waals surface area (Å²) in [6.45, 7) is 0.245. The van der Waals surface area contributed by atoms with Crippen LogP contribution in [0.1, 0.15) is 17.5 Å². The summed E-state index contributed by atoms with van der Waals surface area (Å²) in [4.78, 5) is 20.5. The standard InChI is InChI=1S/C27H28FN3O5/c1-33-24-11-7-6-10-22(24)29-27(32)31(16-19-8-4-5-9-21(19)28)17-20-15-23(30-36-20)18-12-13-25(34-2)26(14-18)35-3/h4-14,20H,15-17H2,1-3H3,(H,29,32)/t20-/m0/s1. The number of carbonyl (C=O) groups is 1. The van der Waals surface area contributed by atoms with Gasteiger partial charge in [-0.15, -0.1) is 0 Å². The molecule has 0 aromatic heterocycles. The zero-order valence-corrected chi connectivity index (χ0v) is 20.4. The van der Waals surface area contributed by atoms with Crippen LogP contribution in [0, 0.1) is 5.82 Å². The molecule has 0 radical (unpaired) electrons. The fourth-order valence-corrected chi connectivity index (χ4v) is 3.95. The highest BCUT2D eigenvalue weighted by Crippen LogP contribution is 2.30. The Morgan fingerprint density at radius 1 is 1.00 bits per heavy atom. The van der Waals surface area contributed by atoms with E-state index in [0.29, 0.717) is 34.9 Å². The predicted molar refractivity (Wildman–Crippen MR) is 134 cm³/mol. The highest BCUT2D eigenvalue weighted by atomic mass is 19.1. The van der Waals surface area contributed by atoms with Crippen molar-refractivity contribution in [2.75, 3.05) is 33.2 Å². The van der Waals surface area contributed by atoms with Crippen LogP contribution in [0.15, 0.2) is 71.9 Å².